The van der Waals surface area contributed by atoms with Crippen molar-refractivity contribution in [2.45, 2.75) is 18.4 Å². The van der Waals surface area contributed by atoms with Crippen LogP contribution >= 0.6 is 11.3 Å². The summed E-state index contributed by atoms with van der Waals surface area (Å²) < 4.78 is 5.51. The number of rotatable bonds is 6. The summed E-state index contributed by atoms with van der Waals surface area (Å²) >= 11 is 1.41. The van der Waals surface area contributed by atoms with Crippen molar-refractivity contribution in [3.8, 4) is 11.1 Å². The molecule has 0 fully saturated rings. The van der Waals surface area contributed by atoms with Crippen molar-refractivity contribution in [2.75, 3.05) is 6.61 Å². The van der Waals surface area contributed by atoms with Gasteiger partial charge in [-0.05, 0) is 33.7 Å². The fraction of sp³-hybridized carbons (Fsp3) is 0.182. The third kappa shape index (κ3) is 3.64. The molecule has 0 spiro atoms. The van der Waals surface area contributed by atoms with Gasteiger partial charge in [0.1, 0.15) is 6.61 Å². The number of hydrogen-bond donors (Lipinski definition) is 2. The lowest BCUT2D eigenvalue weighted by Gasteiger charge is -2.18. The molecular formula is C22H19NO4S. The summed E-state index contributed by atoms with van der Waals surface area (Å²) in [5.74, 6) is -1.00. The molecule has 0 radical (unpaired) electrons. The Bertz CT molecular complexity index is 954. The molecule has 2 aromatic carbocycles. The molecule has 3 aromatic rings. The SMILES string of the molecule is O=C(O)C[C@H](NC(=O)OCC1c2ccccc2-c2ccccc21)c1cccs1. The average Bonchev–Trinajstić information content (AvgIpc) is 3.32. The van der Waals surface area contributed by atoms with Crippen LogP contribution in [0.2, 0.25) is 0 Å². The van der Waals surface area contributed by atoms with Gasteiger partial charge in [0, 0.05) is 10.8 Å². The Balaban J connectivity index is 1.47. The zero-order valence-electron chi connectivity index (χ0n) is 15.0. The Hall–Kier alpha value is -3.12. The number of carbonyl (C=O) groups is 2. The average molecular weight is 393 g/mol. The Morgan fingerprint density at radius 3 is 2.21 bits per heavy atom. The van der Waals surface area contributed by atoms with E-state index < -0.39 is 18.1 Å². The van der Waals surface area contributed by atoms with Crippen LogP contribution < -0.4 is 5.32 Å². The molecule has 0 saturated carbocycles. The van der Waals surface area contributed by atoms with Crippen molar-refractivity contribution in [3.05, 3.63) is 82.0 Å². The first-order chi connectivity index (χ1) is 13.6. The van der Waals surface area contributed by atoms with Gasteiger partial charge in [0.25, 0.3) is 0 Å². The molecule has 0 saturated heterocycles. The largest absolute Gasteiger partial charge is 0.481 e. The van der Waals surface area contributed by atoms with Gasteiger partial charge in [-0.2, -0.15) is 0 Å². The van der Waals surface area contributed by atoms with Crippen LogP contribution in [0.5, 0.6) is 0 Å². The van der Waals surface area contributed by atoms with E-state index in [1.165, 1.54) is 11.3 Å². The number of carboxylic acid groups (broad SMARTS) is 1. The minimum Gasteiger partial charge on any atom is -0.481 e. The van der Waals surface area contributed by atoms with E-state index in [0.29, 0.717) is 0 Å². The molecule has 0 bridgehead atoms. The summed E-state index contributed by atoms with van der Waals surface area (Å²) in [7, 11) is 0. The first-order valence-electron chi connectivity index (χ1n) is 9.00. The Kier molecular flexibility index (Phi) is 5.12. The highest BCUT2D eigenvalue weighted by molar-refractivity contribution is 7.10. The third-order valence-electron chi connectivity index (χ3n) is 4.90. The number of alkyl carbamates (subject to hydrolysis) is 1. The Morgan fingerprint density at radius 1 is 1.00 bits per heavy atom. The first-order valence-corrected chi connectivity index (χ1v) is 9.88. The predicted molar refractivity (Wildman–Crippen MR) is 108 cm³/mol. The molecule has 1 aromatic heterocycles. The highest BCUT2D eigenvalue weighted by atomic mass is 32.1. The van der Waals surface area contributed by atoms with Crippen LogP contribution in [0.25, 0.3) is 11.1 Å². The van der Waals surface area contributed by atoms with E-state index in [9.17, 15) is 9.59 Å². The van der Waals surface area contributed by atoms with Crippen LogP contribution in [0.1, 0.15) is 34.4 Å². The molecule has 1 atom stereocenters. The lowest BCUT2D eigenvalue weighted by atomic mass is 9.98. The van der Waals surface area contributed by atoms with Crippen molar-refractivity contribution in [1.29, 1.82) is 0 Å². The highest BCUT2D eigenvalue weighted by Crippen LogP contribution is 2.44. The Morgan fingerprint density at radius 2 is 1.64 bits per heavy atom. The van der Waals surface area contributed by atoms with Gasteiger partial charge in [-0.3, -0.25) is 4.79 Å². The van der Waals surface area contributed by atoms with Gasteiger partial charge in [0.2, 0.25) is 0 Å². The number of carbonyl (C=O) groups excluding carboxylic acids is 1. The summed E-state index contributed by atoms with van der Waals surface area (Å²) in [6, 6.07) is 19.3. The number of hydrogen-bond acceptors (Lipinski definition) is 4. The van der Waals surface area contributed by atoms with Gasteiger partial charge in [-0.1, -0.05) is 54.6 Å². The number of nitrogens with one attached hydrogen (secondary N) is 1. The molecule has 1 amide bonds. The summed E-state index contributed by atoms with van der Waals surface area (Å²) in [4.78, 5) is 24.3. The number of amides is 1. The molecular weight excluding hydrogens is 374 g/mol. The third-order valence-corrected chi connectivity index (χ3v) is 5.89. The van der Waals surface area contributed by atoms with Gasteiger partial charge in [0.05, 0.1) is 12.5 Å². The topological polar surface area (TPSA) is 75.6 Å². The summed E-state index contributed by atoms with van der Waals surface area (Å²) in [6.45, 7) is 0.199. The Labute approximate surface area is 166 Å². The minimum absolute atomic E-state index is 0.0298. The smallest absolute Gasteiger partial charge is 0.407 e. The molecule has 6 heteroatoms. The second-order valence-corrected chi connectivity index (χ2v) is 7.62. The quantitative estimate of drug-likeness (QED) is 0.631. The van der Waals surface area contributed by atoms with Gasteiger partial charge in [-0.15, -0.1) is 11.3 Å². The van der Waals surface area contributed by atoms with E-state index in [2.05, 4.69) is 29.6 Å². The minimum atomic E-state index is -0.975. The fourth-order valence-electron chi connectivity index (χ4n) is 3.67. The van der Waals surface area contributed by atoms with Crippen LogP contribution in [0, 0.1) is 0 Å². The highest BCUT2D eigenvalue weighted by Gasteiger charge is 2.29. The van der Waals surface area contributed by atoms with Crippen LogP contribution in [0.3, 0.4) is 0 Å². The van der Waals surface area contributed by atoms with E-state index in [4.69, 9.17) is 9.84 Å². The molecule has 0 aliphatic heterocycles. The van der Waals surface area contributed by atoms with Crippen molar-refractivity contribution >= 4 is 23.4 Å². The fourth-order valence-corrected chi connectivity index (χ4v) is 4.45. The second-order valence-electron chi connectivity index (χ2n) is 6.64. The van der Waals surface area contributed by atoms with Gasteiger partial charge < -0.3 is 15.2 Å². The van der Waals surface area contributed by atoms with Crippen molar-refractivity contribution < 1.29 is 19.4 Å². The maximum Gasteiger partial charge on any atom is 0.407 e. The number of ether oxygens (including phenoxy) is 1. The second kappa shape index (κ2) is 7.86. The maximum absolute atomic E-state index is 12.4. The predicted octanol–water partition coefficient (Wildman–Crippen LogP) is 4.80. The van der Waals surface area contributed by atoms with Crippen molar-refractivity contribution in [1.82, 2.24) is 5.32 Å². The van der Waals surface area contributed by atoms with Crippen LogP contribution in [-0.4, -0.2) is 23.8 Å². The van der Waals surface area contributed by atoms with E-state index in [-0.39, 0.29) is 18.9 Å². The number of thiophene rings is 1. The number of fused-ring (bicyclic) bond motifs is 3. The summed E-state index contributed by atoms with van der Waals surface area (Å²) in [6.07, 6.45) is -0.799. The van der Waals surface area contributed by atoms with Crippen LogP contribution in [0.15, 0.2) is 66.0 Å². The van der Waals surface area contributed by atoms with Crippen LogP contribution in [-0.2, 0) is 9.53 Å². The summed E-state index contributed by atoms with van der Waals surface area (Å²) in [5, 5.41) is 13.7. The molecule has 1 aliphatic rings. The van der Waals surface area contributed by atoms with Gasteiger partial charge in [0.15, 0.2) is 0 Å². The number of carboxylic acids is 1. The zero-order chi connectivity index (χ0) is 19.5. The monoisotopic (exact) mass is 393 g/mol. The first kappa shape index (κ1) is 18.3. The van der Waals surface area contributed by atoms with E-state index in [0.717, 1.165) is 27.1 Å². The van der Waals surface area contributed by atoms with E-state index >= 15 is 0 Å². The molecule has 5 nitrogen and oxygen atoms in total. The van der Waals surface area contributed by atoms with Crippen molar-refractivity contribution in [2.24, 2.45) is 0 Å². The normalized spacial score (nSPS) is 13.4. The number of aliphatic carboxylic acids is 1. The lowest BCUT2D eigenvalue weighted by molar-refractivity contribution is -0.137. The standard InChI is InChI=1S/C22H19NO4S/c24-21(25)12-19(20-10-5-11-28-20)23-22(26)27-13-18-16-8-3-1-6-14(16)15-7-2-4-9-17(15)18/h1-11,18-19H,12-13H2,(H,23,26)(H,24,25)/t19-/m0/s1. The maximum atomic E-state index is 12.4. The molecule has 28 heavy (non-hydrogen) atoms. The van der Waals surface area contributed by atoms with Crippen molar-refractivity contribution in [3.63, 3.8) is 0 Å². The van der Waals surface area contributed by atoms with Crippen LogP contribution in [0.4, 0.5) is 4.79 Å². The van der Waals surface area contributed by atoms with Gasteiger partial charge >= 0.3 is 12.1 Å². The molecule has 4 rings (SSSR count). The molecule has 0 unspecified atom stereocenters. The molecule has 2 N–H and O–H groups in total. The van der Waals surface area contributed by atoms with E-state index in [1.807, 2.05) is 41.8 Å². The lowest BCUT2D eigenvalue weighted by Crippen LogP contribution is -2.31. The summed E-state index contributed by atoms with van der Waals surface area (Å²) in [5.41, 5.74) is 4.59. The van der Waals surface area contributed by atoms with Gasteiger partial charge in [-0.25, -0.2) is 4.79 Å². The zero-order valence-corrected chi connectivity index (χ0v) is 15.8. The number of benzene rings is 2. The molecule has 1 aliphatic carbocycles. The molecule has 1 heterocycles. The molecule has 142 valence electrons. The van der Waals surface area contributed by atoms with E-state index in [1.54, 1.807) is 0 Å².